The van der Waals surface area contributed by atoms with Gasteiger partial charge in [-0.05, 0) is 43.8 Å². The molecule has 2 atom stereocenters. The van der Waals surface area contributed by atoms with Crippen molar-refractivity contribution in [1.82, 2.24) is 5.32 Å². The van der Waals surface area contributed by atoms with E-state index in [0.29, 0.717) is 0 Å². The molecule has 16 heavy (non-hydrogen) atoms. The Kier molecular flexibility index (Phi) is 4.60. The summed E-state index contributed by atoms with van der Waals surface area (Å²) in [5.41, 5.74) is 0. The molecule has 0 aliphatic heterocycles. The first-order valence-electron chi connectivity index (χ1n) is 6.99. The van der Waals surface area contributed by atoms with Gasteiger partial charge in [0.2, 0.25) is 0 Å². The lowest BCUT2D eigenvalue weighted by molar-refractivity contribution is 0.150. The number of rotatable bonds is 4. The van der Waals surface area contributed by atoms with Crippen molar-refractivity contribution >= 4 is 11.8 Å². The molecule has 2 aliphatic carbocycles. The van der Waals surface area contributed by atoms with Crippen LogP contribution in [0.2, 0.25) is 0 Å². The molecular formula is C14H27NS. The van der Waals surface area contributed by atoms with Crippen molar-refractivity contribution in [3.05, 3.63) is 0 Å². The Morgan fingerprint density at radius 2 is 1.81 bits per heavy atom. The Bertz CT molecular complexity index is 211. The van der Waals surface area contributed by atoms with Gasteiger partial charge in [-0.3, -0.25) is 0 Å². The van der Waals surface area contributed by atoms with Gasteiger partial charge in [0, 0.05) is 17.3 Å². The molecule has 94 valence electrons. The van der Waals surface area contributed by atoms with Gasteiger partial charge < -0.3 is 5.32 Å². The third-order valence-corrected chi connectivity index (χ3v) is 5.74. The SMILES string of the molecule is CSC1CCCCC1NC1CC(C(C)C)C1. The van der Waals surface area contributed by atoms with Crippen LogP contribution in [0.3, 0.4) is 0 Å². The van der Waals surface area contributed by atoms with Gasteiger partial charge in [0.1, 0.15) is 0 Å². The highest BCUT2D eigenvalue weighted by atomic mass is 32.2. The van der Waals surface area contributed by atoms with Crippen molar-refractivity contribution < 1.29 is 0 Å². The van der Waals surface area contributed by atoms with E-state index >= 15 is 0 Å². The largest absolute Gasteiger partial charge is 0.310 e. The summed E-state index contributed by atoms with van der Waals surface area (Å²) in [6.07, 6.45) is 10.9. The van der Waals surface area contributed by atoms with Crippen LogP contribution in [-0.2, 0) is 0 Å². The quantitative estimate of drug-likeness (QED) is 0.806. The fourth-order valence-electron chi connectivity index (χ4n) is 3.21. The van der Waals surface area contributed by atoms with Crippen molar-refractivity contribution in [2.24, 2.45) is 11.8 Å². The van der Waals surface area contributed by atoms with E-state index in [9.17, 15) is 0 Å². The molecular weight excluding hydrogens is 214 g/mol. The molecule has 2 fully saturated rings. The second-order valence-electron chi connectivity index (χ2n) is 6.00. The Labute approximate surface area is 105 Å². The maximum absolute atomic E-state index is 3.92. The molecule has 0 aromatic heterocycles. The highest BCUT2D eigenvalue weighted by molar-refractivity contribution is 7.99. The van der Waals surface area contributed by atoms with Crippen LogP contribution >= 0.6 is 11.8 Å². The van der Waals surface area contributed by atoms with Crippen LogP contribution < -0.4 is 5.32 Å². The lowest BCUT2D eigenvalue weighted by atomic mass is 9.73. The lowest BCUT2D eigenvalue weighted by Gasteiger charge is -2.43. The standard InChI is InChI=1S/C14H27NS/c1-10(2)11-8-12(9-11)15-13-6-4-5-7-14(13)16-3/h10-15H,4-9H2,1-3H3. The van der Waals surface area contributed by atoms with Gasteiger partial charge in [-0.25, -0.2) is 0 Å². The highest BCUT2D eigenvalue weighted by Crippen LogP contribution is 2.35. The molecule has 1 N–H and O–H groups in total. The predicted octanol–water partition coefficient (Wildman–Crippen LogP) is 3.68. The number of thioether (sulfide) groups is 1. The van der Waals surface area contributed by atoms with Gasteiger partial charge in [-0.2, -0.15) is 11.8 Å². The third kappa shape index (κ3) is 2.95. The molecule has 1 nitrogen and oxygen atoms in total. The monoisotopic (exact) mass is 241 g/mol. The molecule has 2 saturated carbocycles. The summed E-state index contributed by atoms with van der Waals surface area (Å²) < 4.78 is 0. The van der Waals surface area contributed by atoms with Crippen LogP contribution in [0.4, 0.5) is 0 Å². The van der Waals surface area contributed by atoms with Gasteiger partial charge in [-0.15, -0.1) is 0 Å². The van der Waals surface area contributed by atoms with Gasteiger partial charge >= 0.3 is 0 Å². The van der Waals surface area contributed by atoms with Crippen molar-refractivity contribution in [1.29, 1.82) is 0 Å². The Hall–Kier alpha value is 0.310. The van der Waals surface area contributed by atoms with E-state index in [-0.39, 0.29) is 0 Å². The van der Waals surface area contributed by atoms with Crippen LogP contribution in [0.5, 0.6) is 0 Å². The number of hydrogen-bond donors (Lipinski definition) is 1. The summed E-state index contributed by atoms with van der Waals surface area (Å²) in [6, 6.07) is 1.65. The minimum Gasteiger partial charge on any atom is -0.310 e. The van der Waals surface area contributed by atoms with E-state index in [1.54, 1.807) is 0 Å². The molecule has 2 unspecified atom stereocenters. The molecule has 0 heterocycles. The van der Waals surface area contributed by atoms with Crippen molar-refractivity contribution in [2.75, 3.05) is 6.26 Å². The highest BCUT2D eigenvalue weighted by Gasteiger charge is 2.34. The zero-order chi connectivity index (χ0) is 11.5. The van der Waals surface area contributed by atoms with Crippen LogP contribution in [0.15, 0.2) is 0 Å². The molecule has 0 aromatic carbocycles. The fraction of sp³-hybridized carbons (Fsp3) is 1.00. The fourth-order valence-corrected chi connectivity index (χ4v) is 4.16. The minimum atomic E-state index is 0.807. The third-order valence-electron chi connectivity index (χ3n) is 4.57. The second kappa shape index (κ2) is 5.77. The summed E-state index contributed by atoms with van der Waals surface area (Å²) in [5.74, 6) is 1.88. The summed E-state index contributed by atoms with van der Waals surface area (Å²) in [5, 5.41) is 4.80. The van der Waals surface area contributed by atoms with Gasteiger partial charge in [0.25, 0.3) is 0 Å². The average molecular weight is 241 g/mol. The molecule has 2 rings (SSSR count). The van der Waals surface area contributed by atoms with E-state index in [1.807, 2.05) is 0 Å². The maximum atomic E-state index is 3.92. The average Bonchev–Trinajstić information content (AvgIpc) is 2.22. The molecule has 2 heteroatoms. The first-order chi connectivity index (χ1) is 7.70. The van der Waals surface area contributed by atoms with Crippen molar-refractivity contribution in [3.8, 4) is 0 Å². The van der Waals surface area contributed by atoms with E-state index in [0.717, 1.165) is 29.2 Å². The number of nitrogens with one attached hydrogen (secondary N) is 1. The van der Waals surface area contributed by atoms with Crippen molar-refractivity contribution in [3.63, 3.8) is 0 Å². The second-order valence-corrected chi connectivity index (χ2v) is 7.08. The van der Waals surface area contributed by atoms with E-state index in [1.165, 1.54) is 38.5 Å². The zero-order valence-corrected chi connectivity index (χ0v) is 11.9. The summed E-state index contributed by atoms with van der Waals surface area (Å²) >= 11 is 2.08. The van der Waals surface area contributed by atoms with E-state index < -0.39 is 0 Å². The Morgan fingerprint density at radius 1 is 1.12 bits per heavy atom. The summed E-state index contributed by atoms with van der Waals surface area (Å²) in [4.78, 5) is 0. The van der Waals surface area contributed by atoms with Crippen LogP contribution in [-0.4, -0.2) is 23.6 Å². The molecule has 0 spiro atoms. The van der Waals surface area contributed by atoms with Crippen LogP contribution in [0.25, 0.3) is 0 Å². The molecule has 0 radical (unpaired) electrons. The molecule has 0 saturated heterocycles. The van der Waals surface area contributed by atoms with Gasteiger partial charge in [-0.1, -0.05) is 26.7 Å². The van der Waals surface area contributed by atoms with E-state index in [2.05, 4.69) is 37.2 Å². The predicted molar refractivity (Wildman–Crippen MR) is 74.0 cm³/mol. The molecule has 0 bridgehead atoms. The molecule has 0 amide bonds. The minimum absolute atomic E-state index is 0.807. The smallest absolute Gasteiger partial charge is 0.0198 e. The van der Waals surface area contributed by atoms with Gasteiger partial charge in [0.15, 0.2) is 0 Å². The zero-order valence-electron chi connectivity index (χ0n) is 11.0. The Morgan fingerprint density at radius 3 is 2.44 bits per heavy atom. The summed E-state index contributed by atoms with van der Waals surface area (Å²) in [7, 11) is 0. The maximum Gasteiger partial charge on any atom is 0.0198 e. The topological polar surface area (TPSA) is 12.0 Å². The first kappa shape index (κ1) is 12.8. The first-order valence-corrected chi connectivity index (χ1v) is 8.28. The van der Waals surface area contributed by atoms with Crippen LogP contribution in [0, 0.1) is 11.8 Å². The van der Waals surface area contributed by atoms with Crippen LogP contribution in [0.1, 0.15) is 52.4 Å². The molecule has 0 aromatic rings. The Balaban J connectivity index is 1.73. The van der Waals surface area contributed by atoms with Gasteiger partial charge in [0.05, 0.1) is 0 Å². The molecule has 2 aliphatic rings. The normalized spacial score (nSPS) is 39.8. The summed E-state index contributed by atoms with van der Waals surface area (Å²) in [6.45, 7) is 4.73. The lowest BCUT2D eigenvalue weighted by Crippen LogP contribution is -2.51. The van der Waals surface area contributed by atoms with E-state index in [4.69, 9.17) is 0 Å². The number of hydrogen-bond acceptors (Lipinski definition) is 2. The van der Waals surface area contributed by atoms with Crippen molar-refractivity contribution in [2.45, 2.75) is 69.7 Å².